The first kappa shape index (κ1) is 15.4. The van der Waals surface area contributed by atoms with Gasteiger partial charge in [-0.1, -0.05) is 19.1 Å². The molecule has 0 saturated carbocycles. The van der Waals surface area contributed by atoms with Crippen LogP contribution in [0.15, 0.2) is 18.2 Å². The Kier molecular flexibility index (Phi) is 4.89. The van der Waals surface area contributed by atoms with E-state index in [1.807, 2.05) is 26.0 Å². The Labute approximate surface area is 119 Å². The SMILES string of the molecule is CCC(C)(C(=O)Nc1ccc(OC)cc1C)C(N)=S. The summed E-state index contributed by atoms with van der Waals surface area (Å²) in [6.45, 7) is 5.55. The van der Waals surface area contributed by atoms with Gasteiger partial charge in [0.2, 0.25) is 5.91 Å². The first-order valence-electron chi connectivity index (χ1n) is 6.11. The summed E-state index contributed by atoms with van der Waals surface area (Å²) in [5.41, 5.74) is 6.50. The number of hydrogen-bond donors (Lipinski definition) is 2. The molecule has 0 aliphatic heterocycles. The molecule has 0 aliphatic rings. The number of methoxy groups -OCH3 is 1. The van der Waals surface area contributed by atoms with Crippen LogP contribution in [-0.4, -0.2) is 18.0 Å². The number of benzene rings is 1. The molecule has 0 saturated heterocycles. The summed E-state index contributed by atoms with van der Waals surface area (Å²) in [6, 6.07) is 5.47. The first-order chi connectivity index (χ1) is 8.85. The van der Waals surface area contributed by atoms with Crippen molar-refractivity contribution in [2.45, 2.75) is 27.2 Å². The van der Waals surface area contributed by atoms with Crippen LogP contribution in [0, 0.1) is 12.3 Å². The lowest BCUT2D eigenvalue weighted by Gasteiger charge is -2.26. The highest BCUT2D eigenvalue weighted by Gasteiger charge is 2.34. The molecule has 0 radical (unpaired) electrons. The average Bonchev–Trinajstić information content (AvgIpc) is 2.39. The van der Waals surface area contributed by atoms with Crippen molar-refractivity contribution in [3.05, 3.63) is 23.8 Å². The molecule has 0 heterocycles. The summed E-state index contributed by atoms with van der Waals surface area (Å²) in [6.07, 6.45) is 0.559. The summed E-state index contributed by atoms with van der Waals surface area (Å²) in [5, 5.41) is 2.87. The molecule has 0 spiro atoms. The van der Waals surface area contributed by atoms with E-state index >= 15 is 0 Å². The van der Waals surface area contributed by atoms with Crippen molar-refractivity contribution in [3.8, 4) is 5.75 Å². The van der Waals surface area contributed by atoms with Crippen LogP contribution in [0.5, 0.6) is 5.75 Å². The molecule has 1 aromatic rings. The van der Waals surface area contributed by atoms with Crippen LogP contribution in [-0.2, 0) is 4.79 Å². The van der Waals surface area contributed by atoms with E-state index in [9.17, 15) is 4.79 Å². The maximum Gasteiger partial charge on any atom is 0.237 e. The quantitative estimate of drug-likeness (QED) is 0.814. The Hall–Kier alpha value is -1.62. The van der Waals surface area contributed by atoms with Crippen molar-refractivity contribution >= 4 is 28.8 Å². The van der Waals surface area contributed by atoms with Gasteiger partial charge < -0.3 is 15.8 Å². The topological polar surface area (TPSA) is 64.3 Å². The number of ether oxygens (including phenoxy) is 1. The van der Waals surface area contributed by atoms with Crippen LogP contribution in [0.2, 0.25) is 0 Å². The van der Waals surface area contributed by atoms with E-state index in [0.717, 1.165) is 17.0 Å². The fourth-order valence-electron chi connectivity index (χ4n) is 1.61. The van der Waals surface area contributed by atoms with Crippen molar-refractivity contribution in [1.29, 1.82) is 0 Å². The molecule has 1 atom stereocenters. The fourth-order valence-corrected chi connectivity index (χ4v) is 1.85. The van der Waals surface area contributed by atoms with Gasteiger partial charge in [-0.3, -0.25) is 4.79 Å². The molecule has 3 N–H and O–H groups in total. The highest BCUT2D eigenvalue weighted by atomic mass is 32.1. The molecule has 0 fully saturated rings. The predicted molar refractivity (Wildman–Crippen MR) is 81.5 cm³/mol. The number of nitrogens with two attached hydrogens (primary N) is 1. The molecular formula is C14H20N2O2S. The molecule has 104 valence electrons. The Balaban J connectivity index is 2.97. The monoisotopic (exact) mass is 280 g/mol. The van der Waals surface area contributed by atoms with Gasteiger partial charge in [-0.2, -0.15) is 0 Å². The van der Waals surface area contributed by atoms with E-state index in [-0.39, 0.29) is 10.9 Å². The van der Waals surface area contributed by atoms with Crippen LogP contribution in [0.25, 0.3) is 0 Å². The zero-order valence-corrected chi connectivity index (χ0v) is 12.6. The minimum atomic E-state index is -0.832. The lowest BCUT2D eigenvalue weighted by molar-refractivity contribution is -0.121. The van der Waals surface area contributed by atoms with Gasteiger partial charge in [0.05, 0.1) is 17.5 Å². The molecule has 19 heavy (non-hydrogen) atoms. The average molecular weight is 280 g/mol. The van der Waals surface area contributed by atoms with E-state index in [1.54, 1.807) is 20.1 Å². The number of hydrogen-bond acceptors (Lipinski definition) is 3. The minimum Gasteiger partial charge on any atom is -0.497 e. The molecule has 1 unspecified atom stereocenters. The second kappa shape index (κ2) is 6.02. The molecule has 1 amide bonds. The van der Waals surface area contributed by atoms with Gasteiger partial charge in [0.1, 0.15) is 5.75 Å². The maximum absolute atomic E-state index is 12.3. The van der Waals surface area contributed by atoms with E-state index in [2.05, 4.69) is 5.32 Å². The molecule has 5 heteroatoms. The lowest BCUT2D eigenvalue weighted by Crippen LogP contribution is -2.43. The third-order valence-electron chi connectivity index (χ3n) is 3.43. The Morgan fingerprint density at radius 2 is 2.16 bits per heavy atom. The Bertz CT molecular complexity index is 502. The smallest absolute Gasteiger partial charge is 0.237 e. The summed E-state index contributed by atoms with van der Waals surface area (Å²) in [4.78, 5) is 12.5. The predicted octanol–water partition coefficient (Wildman–Crippen LogP) is 2.64. The van der Waals surface area contributed by atoms with Gasteiger partial charge >= 0.3 is 0 Å². The number of thiocarbonyl (C=S) groups is 1. The lowest BCUT2D eigenvalue weighted by atomic mass is 9.86. The second-order valence-electron chi connectivity index (χ2n) is 4.68. The van der Waals surface area contributed by atoms with Crippen molar-refractivity contribution in [1.82, 2.24) is 0 Å². The maximum atomic E-state index is 12.3. The number of aryl methyl sites for hydroxylation is 1. The fraction of sp³-hybridized carbons (Fsp3) is 0.429. The van der Waals surface area contributed by atoms with Crippen LogP contribution < -0.4 is 15.8 Å². The van der Waals surface area contributed by atoms with Crippen LogP contribution in [0.3, 0.4) is 0 Å². The highest BCUT2D eigenvalue weighted by molar-refractivity contribution is 7.80. The van der Waals surface area contributed by atoms with E-state index in [4.69, 9.17) is 22.7 Å². The van der Waals surface area contributed by atoms with Gasteiger partial charge in [-0.15, -0.1) is 0 Å². The second-order valence-corrected chi connectivity index (χ2v) is 5.12. The zero-order valence-electron chi connectivity index (χ0n) is 11.7. The molecule has 0 bridgehead atoms. The number of anilines is 1. The van der Waals surface area contributed by atoms with Crippen molar-refractivity contribution in [3.63, 3.8) is 0 Å². The number of nitrogens with one attached hydrogen (secondary N) is 1. The highest BCUT2D eigenvalue weighted by Crippen LogP contribution is 2.26. The van der Waals surface area contributed by atoms with Crippen LogP contribution in [0.4, 0.5) is 5.69 Å². The first-order valence-corrected chi connectivity index (χ1v) is 6.52. The van der Waals surface area contributed by atoms with Gasteiger partial charge in [0, 0.05) is 5.69 Å². The van der Waals surface area contributed by atoms with E-state index in [1.165, 1.54) is 0 Å². The summed E-state index contributed by atoms with van der Waals surface area (Å²) >= 11 is 4.99. The standard InChI is InChI=1S/C14H20N2O2S/c1-5-14(3,12(15)19)13(17)16-11-7-6-10(18-4)8-9(11)2/h6-8H,5H2,1-4H3,(H2,15,19)(H,16,17). The van der Waals surface area contributed by atoms with Crippen molar-refractivity contribution in [2.24, 2.45) is 11.1 Å². The molecule has 0 aromatic heterocycles. The molecule has 1 rings (SSSR count). The number of rotatable bonds is 5. The number of carbonyl (C=O) groups is 1. The molecule has 1 aromatic carbocycles. The van der Waals surface area contributed by atoms with E-state index in [0.29, 0.717) is 6.42 Å². The molecule has 0 aliphatic carbocycles. The van der Waals surface area contributed by atoms with Crippen molar-refractivity contribution < 1.29 is 9.53 Å². The zero-order chi connectivity index (χ0) is 14.6. The number of carbonyl (C=O) groups excluding carboxylic acids is 1. The largest absolute Gasteiger partial charge is 0.497 e. The summed E-state index contributed by atoms with van der Waals surface area (Å²) < 4.78 is 5.13. The van der Waals surface area contributed by atoms with Gasteiger partial charge in [0.15, 0.2) is 0 Å². The normalized spacial score (nSPS) is 13.5. The van der Waals surface area contributed by atoms with Crippen LogP contribution >= 0.6 is 12.2 Å². The minimum absolute atomic E-state index is 0.184. The van der Waals surface area contributed by atoms with Crippen LogP contribution in [0.1, 0.15) is 25.8 Å². The van der Waals surface area contributed by atoms with Gasteiger partial charge in [-0.25, -0.2) is 0 Å². The summed E-state index contributed by atoms with van der Waals surface area (Å²) in [5.74, 6) is 0.568. The van der Waals surface area contributed by atoms with Gasteiger partial charge in [-0.05, 0) is 44.0 Å². The number of amides is 1. The summed E-state index contributed by atoms with van der Waals surface area (Å²) in [7, 11) is 1.61. The van der Waals surface area contributed by atoms with Crippen molar-refractivity contribution in [2.75, 3.05) is 12.4 Å². The third kappa shape index (κ3) is 3.23. The Morgan fingerprint density at radius 3 is 2.58 bits per heavy atom. The third-order valence-corrected chi connectivity index (χ3v) is 3.88. The van der Waals surface area contributed by atoms with Gasteiger partial charge in [0.25, 0.3) is 0 Å². The molecular weight excluding hydrogens is 260 g/mol. The van der Waals surface area contributed by atoms with E-state index < -0.39 is 5.41 Å². The Morgan fingerprint density at radius 1 is 1.53 bits per heavy atom. The molecule has 4 nitrogen and oxygen atoms in total.